The van der Waals surface area contributed by atoms with Crippen molar-refractivity contribution in [2.45, 2.75) is 13.3 Å². The van der Waals surface area contributed by atoms with E-state index in [1.54, 1.807) is 12.1 Å². The fraction of sp³-hybridized carbons (Fsp3) is 0.600. The van der Waals surface area contributed by atoms with Crippen molar-refractivity contribution in [3.05, 3.63) is 0 Å². The van der Waals surface area contributed by atoms with E-state index in [0.29, 0.717) is 0 Å². The summed E-state index contributed by atoms with van der Waals surface area (Å²) in [6.07, 6.45) is 0.250. The fourth-order valence-electron chi connectivity index (χ4n) is 0.0500. The third kappa shape index (κ3) is 86.8. The number of aliphatic hydroxyl groups excluding tert-OH is 1. The predicted molar refractivity (Wildman–Crippen MR) is 28.6 cm³/mol. The second-order valence-electron chi connectivity index (χ2n) is 0.855. The Bertz CT molecular complexity index is 98.0. The van der Waals surface area contributed by atoms with E-state index in [1.165, 1.54) is 6.92 Å². The van der Waals surface area contributed by atoms with Crippen LogP contribution in [0, 0.1) is 22.7 Å². The molecule has 0 saturated heterocycles. The maximum Gasteiger partial charge on any atom is 0.0645 e. The molecule has 0 aliphatic rings. The van der Waals surface area contributed by atoms with Crippen molar-refractivity contribution >= 4 is 0 Å². The SMILES string of the molecule is CC#N.N#CCCO. The van der Waals surface area contributed by atoms with Gasteiger partial charge in [0.15, 0.2) is 0 Å². The van der Waals surface area contributed by atoms with Crippen molar-refractivity contribution in [2.75, 3.05) is 6.61 Å². The summed E-state index contributed by atoms with van der Waals surface area (Å²) >= 11 is 0. The van der Waals surface area contributed by atoms with Crippen LogP contribution in [-0.2, 0) is 0 Å². The van der Waals surface area contributed by atoms with Crippen LogP contribution in [0.4, 0.5) is 0 Å². The van der Waals surface area contributed by atoms with E-state index in [0.717, 1.165) is 0 Å². The van der Waals surface area contributed by atoms with Crippen LogP contribution in [0.25, 0.3) is 0 Å². The van der Waals surface area contributed by atoms with Gasteiger partial charge >= 0.3 is 0 Å². The number of rotatable bonds is 1. The zero-order chi connectivity index (χ0) is 6.83. The van der Waals surface area contributed by atoms with Gasteiger partial charge in [0.2, 0.25) is 0 Å². The lowest BCUT2D eigenvalue weighted by molar-refractivity contribution is 0.304. The molecule has 0 radical (unpaired) electrons. The van der Waals surface area contributed by atoms with E-state index in [4.69, 9.17) is 15.6 Å². The molecule has 1 N–H and O–H groups in total. The fourth-order valence-corrected chi connectivity index (χ4v) is 0.0500. The minimum atomic E-state index is -0.0174. The standard InChI is InChI=1S/C3H5NO.C2H3N/c4-2-1-3-5;1-2-3/h5H,1,3H2;1H3. The maximum atomic E-state index is 7.84. The molecule has 3 nitrogen and oxygen atoms in total. The summed E-state index contributed by atoms with van der Waals surface area (Å²) in [7, 11) is 0. The molecule has 44 valence electrons. The van der Waals surface area contributed by atoms with Gasteiger partial charge in [0, 0.05) is 6.92 Å². The van der Waals surface area contributed by atoms with Gasteiger partial charge in [0.05, 0.1) is 25.2 Å². The lowest BCUT2D eigenvalue weighted by Gasteiger charge is -1.67. The predicted octanol–water partition coefficient (Wildman–Crippen LogP) is 0.422. The van der Waals surface area contributed by atoms with E-state index < -0.39 is 0 Å². The van der Waals surface area contributed by atoms with Gasteiger partial charge in [-0.15, -0.1) is 0 Å². The molecule has 0 aromatic rings. The van der Waals surface area contributed by atoms with E-state index in [9.17, 15) is 0 Å². The molecule has 0 aliphatic carbocycles. The molecule has 8 heavy (non-hydrogen) atoms. The molecule has 0 aliphatic heterocycles. The first kappa shape index (κ1) is 10.0. The number of aliphatic hydroxyl groups is 1. The summed E-state index contributed by atoms with van der Waals surface area (Å²) in [5, 5.41) is 22.8. The quantitative estimate of drug-likeness (QED) is 0.534. The molecule has 0 heterocycles. The molecule has 0 saturated carbocycles. The normalized spacial score (nSPS) is 5.00. The Hall–Kier alpha value is -1.06. The molecule has 0 fully saturated rings. The molecule has 0 bridgehead atoms. The minimum absolute atomic E-state index is 0.0174. The zero-order valence-corrected chi connectivity index (χ0v) is 4.76. The zero-order valence-electron chi connectivity index (χ0n) is 4.76. The Kier molecular flexibility index (Phi) is 21.0. The number of nitriles is 2. The summed E-state index contributed by atoms with van der Waals surface area (Å²) in [4.78, 5) is 0. The Morgan fingerprint density at radius 1 is 1.50 bits per heavy atom. The van der Waals surface area contributed by atoms with Crippen LogP contribution in [-0.4, -0.2) is 11.7 Å². The Morgan fingerprint density at radius 2 is 1.88 bits per heavy atom. The van der Waals surface area contributed by atoms with Crippen molar-refractivity contribution in [1.29, 1.82) is 10.5 Å². The smallest absolute Gasteiger partial charge is 0.0645 e. The van der Waals surface area contributed by atoms with Gasteiger partial charge in [0.25, 0.3) is 0 Å². The van der Waals surface area contributed by atoms with Gasteiger partial charge in [-0.2, -0.15) is 10.5 Å². The number of nitrogens with zero attached hydrogens (tertiary/aromatic N) is 2. The average molecular weight is 112 g/mol. The summed E-state index contributed by atoms with van der Waals surface area (Å²) in [6, 6.07) is 3.52. The number of hydrogen-bond donors (Lipinski definition) is 1. The largest absolute Gasteiger partial charge is 0.395 e. The molecule has 0 spiro atoms. The Morgan fingerprint density at radius 3 is 1.88 bits per heavy atom. The van der Waals surface area contributed by atoms with Crippen LogP contribution < -0.4 is 0 Å². The highest BCUT2D eigenvalue weighted by atomic mass is 16.2. The highest BCUT2D eigenvalue weighted by molar-refractivity contribution is 4.65. The lowest BCUT2D eigenvalue weighted by atomic mass is 10.5. The second-order valence-corrected chi connectivity index (χ2v) is 0.855. The first-order valence-electron chi connectivity index (χ1n) is 2.12. The molecule has 0 rings (SSSR count). The van der Waals surface area contributed by atoms with Gasteiger partial charge < -0.3 is 5.11 Å². The third-order valence-corrected chi connectivity index (χ3v) is 0.224. The first-order chi connectivity index (χ1) is 3.83. The van der Waals surface area contributed by atoms with E-state index in [1.807, 2.05) is 0 Å². The summed E-state index contributed by atoms with van der Waals surface area (Å²) in [5.74, 6) is 0. The van der Waals surface area contributed by atoms with Crippen molar-refractivity contribution in [2.24, 2.45) is 0 Å². The van der Waals surface area contributed by atoms with E-state index in [2.05, 4.69) is 0 Å². The van der Waals surface area contributed by atoms with Gasteiger partial charge in [-0.05, 0) is 0 Å². The van der Waals surface area contributed by atoms with Crippen LogP contribution in [0.15, 0.2) is 0 Å². The monoisotopic (exact) mass is 112 g/mol. The molecule has 0 aromatic carbocycles. The van der Waals surface area contributed by atoms with Crippen LogP contribution in [0.2, 0.25) is 0 Å². The van der Waals surface area contributed by atoms with Gasteiger partial charge in [-0.1, -0.05) is 0 Å². The third-order valence-electron chi connectivity index (χ3n) is 0.224. The van der Waals surface area contributed by atoms with E-state index in [-0.39, 0.29) is 13.0 Å². The lowest BCUT2D eigenvalue weighted by Crippen LogP contribution is -1.72. The highest BCUT2D eigenvalue weighted by Crippen LogP contribution is 1.62. The van der Waals surface area contributed by atoms with Crippen LogP contribution in [0.5, 0.6) is 0 Å². The molecule has 0 atom stereocenters. The van der Waals surface area contributed by atoms with Crippen molar-refractivity contribution in [1.82, 2.24) is 0 Å². The molecular formula is C5H8N2O. The van der Waals surface area contributed by atoms with Crippen molar-refractivity contribution in [3.8, 4) is 12.1 Å². The molecular weight excluding hydrogens is 104 g/mol. The van der Waals surface area contributed by atoms with Crippen molar-refractivity contribution < 1.29 is 5.11 Å². The Balaban J connectivity index is 0. The maximum absolute atomic E-state index is 7.84. The van der Waals surface area contributed by atoms with Crippen LogP contribution in [0.3, 0.4) is 0 Å². The summed E-state index contributed by atoms with van der Waals surface area (Å²) in [5.41, 5.74) is 0. The van der Waals surface area contributed by atoms with Crippen LogP contribution >= 0.6 is 0 Å². The van der Waals surface area contributed by atoms with Crippen LogP contribution in [0.1, 0.15) is 13.3 Å². The topological polar surface area (TPSA) is 67.8 Å². The summed E-state index contributed by atoms with van der Waals surface area (Å²) < 4.78 is 0. The van der Waals surface area contributed by atoms with Crippen molar-refractivity contribution in [3.63, 3.8) is 0 Å². The first-order valence-corrected chi connectivity index (χ1v) is 2.12. The summed E-state index contributed by atoms with van der Waals surface area (Å²) in [6.45, 7) is 1.41. The minimum Gasteiger partial charge on any atom is -0.395 e. The van der Waals surface area contributed by atoms with E-state index >= 15 is 0 Å². The molecule has 3 heteroatoms. The molecule has 0 amide bonds. The number of hydrogen-bond acceptors (Lipinski definition) is 3. The van der Waals surface area contributed by atoms with Gasteiger partial charge in [-0.25, -0.2) is 0 Å². The average Bonchev–Trinajstić information content (AvgIpc) is 1.71. The highest BCUT2D eigenvalue weighted by Gasteiger charge is 1.66. The Labute approximate surface area is 48.8 Å². The molecule has 0 unspecified atom stereocenters. The molecule has 0 aromatic heterocycles. The van der Waals surface area contributed by atoms with Gasteiger partial charge in [-0.3, -0.25) is 0 Å². The second kappa shape index (κ2) is 16.8. The van der Waals surface area contributed by atoms with Gasteiger partial charge in [0.1, 0.15) is 0 Å².